The number of nitrogens with zero attached hydrogens (tertiary/aromatic N) is 2. The Bertz CT molecular complexity index is 767. The molecule has 1 aliphatic heterocycles. The van der Waals surface area contributed by atoms with E-state index in [-0.39, 0.29) is 4.90 Å². The van der Waals surface area contributed by atoms with Crippen molar-refractivity contribution in [1.82, 2.24) is 9.46 Å². The fourth-order valence-electron chi connectivity index (χ4n) is 2.40. The molecule has 1 fully saturated rings. The highest BCUT2D eigenvalue weighted by molar-refractivity contribution is 7.89. The SMILES string of the molecule is Cc1cc(CNc2cccc(S(=O)(=O)N3CCOCC3)c2)no1. The lowest BCUT2D eigenvalue weighted by Gasteiger charge is -2.26. The first-order valence-corrected chi connectivity index (χ1v) is 8.84. The van der Waals surface area contributed by atoms with Crippen LogP contribution in [0.15, 0.2) is 39.8 Å². The molecule has 1 aliphatic rings. The zero-order valence-electron chi connectivity index (χ0n) is 12.9. The molecule has 1 aromatic carbocycles. The number of nitrogens with one attached hydrogen (secondary N) is 1. The number of aryl methyl sites for hydroxylation is 1. The lowest BCUT2D eigenvalue weighted by atomic mass is 10.3. The topological polar surface area (TPSA) is 84.7 Å². The van der Waals surface area contributed by atoms with Gasteiger partial charge in [0.05, 0.1) is 24.7 Å². The van der Waals surface area contributed by atoms with Crippen LogP contribution in [-0.2, 0) is 21.3 Å². The number of ether oxygens (including phenoxy) is 1. The second-order valence-corrected chi connectivity index (χ2v) is 7.26. The van der Waals surface area contributed by atoms with Gasteiger partial charge in [-0.15, -0.1) is 0 Å². The number of anilines is 1. The molecule has 1 aromatic heterocycles. The molecular weight excluding hydrogens is 318 g/mol. The molecule has 0 atom stereocenters. The maximum atomic E-state index is 12.6. The molecule has 0 bridgehead atoms. The average molecular weight is 337 g/mol. The van der Waals surface area contributed by atoms with Crippen LogP contribution in [-0.4, -0.2) is 44.2 Å². The molecule has 2 aromatic rings. The van der Waals surface area contributed by atoms with Crippen molar-refractivity contribution in [3.63, 3.8) is 0 Å². The largest absolute Gasteiger partial charge is 0.379 e. The van der Waals surface area contributed by atoms with Gasteiger partial charge in [-0.25, -0.2) is 8.42 Å². The minimum Gasteiger partial charge on any atom is -0.379 e. The zero-order valence-corrected chi connectivity index (χ0v) is 13.7. The van der Waals surface area contributed by atoms with Crippen molar-refractivity contribution in [2.24, 2.45) is 0 Å². The molecule has 0 radical (unpaired) electrons. The van der Waals surface area contributed by atoms with Crippen LogP contribution in [0.5, 0.6) is 0 Å². The van der Waals surface area contributed by atoms with Crippen LogP contribution in [0.2, 0.25) is 0 Å². The third kappa shape index (κ3) is 3.72. The summed E-state index contributed by atoms with van der Waals surface area (Å²) in [6, 6.07) is 8.63. The molecule has 2 heterocycles. The second-order valence-electron chi connectivity index (χ2n) is 5.33. The summed E-state index contributed by atoms with van der Waals surface area (Å²) in [6.45, 7) is 3.94. The Morgan fingerprint density at radius 1 is 1.26 bits per heavy atom. The molecule has 0 spiro atoms. The molecule has 7 nitrogen and oxygen atoms in total. The van der Waals surface area contributed by atoms with Gasteiger partial charge < -0.3 is 14.6 Å². The Balaban J connectivity index is 1.73. The van der Waals surface area contributed by atoms with Gasteiger partial charge in [-0.05, 0) is 25.1 Å². The minimum atomic E-state index is -3.48. The molecule has 8 heteroatoms. The van der Waals surface area contributed by atoms with Crippen molar-refractivity contribution in [2.75, 3.05) is 31.6 Å². The van der Waals surface area contributed by atoms with Crippen LogP contribution < -0.4 is 5.32 Å². The summed E-state index contributed by atoms with van der Waals surface area (Å²) in [5.41, 5.74) is 1.49. The van der Waals surface area contributed by atoms with Gasteiger partial charge >= 0.3 is 0 Å². The van der Waals surface area contributed by atoms with Crippen molar-refractivity contribution in [2.45, 2.75) is 18.4 Å². The van der Waals surface area contributed by atoms with Gasteiger partial charge in [-0.3, -0.25) is 0 Å². The smallest absolute Gasteiger partial charge is 0.243 e. The van der Waals surface area contributed by atoms with Crippen LogP contribution in [0.1, 0.15) is 11.5 Å². The Kier molecular flexibility index (Phi) is 4.65. The van der Waals surface area contributed by atoms with Crippen LogP contribution in [0.4, 0.5) is 5.69 Å². The van der Waals surface area contributed by atoms with Gasteiger partial charge in [0, 0.05) is 24.8 Å². The van der Waals surface area contributed by atoms with E-state index in [1.54, 1.807) is 18.2 Å². The summed E-state index contributed by atoms with van der Waals surface area (Å²) in [5, 5.41) is 7.06. The van der Waals surface area contributed by atoms with Gasteiger partial charge in [0.15, 0.2) is 0 Å². The Morgan fingerprint density at radius 2 is 2.04 bits per heavy atom. The number of sulfonamides is 1. The van der Waals surface area contributed by atoms with Crippen molar-refractivity contribution in [1.29, 1.82) is 0 Å². The molecule has 124 valence electrons. The fraction of sp³-hybridized carbons (Fsp3) is 0.400. The number of aromatic nitrogens is 1. The first-order valence-electron chi connectivity index (χ1n) is 7.40. The van der Waals surface area contributed by atoms with Crippen molar-refractivity contribution < 1.29 is 17.7 Å². The summed E-state index contributed by atoms with van der Waals surface area (Å²) in [5.74, 6) is 0.741. The van der Waals surface area contributed by atoms with E-state index in [0.717, 1.165) is 17.1 Å². The van der Waals surface area contributed by atoms with E-state index in [1.807, 2.05) is 19.1 Å². The summed E-state index contributed by atoms with van der Waals surface area (Å²) in [7, 11) is -3.48. The number of hydrogen-bond acceptors (Lipinski definition) is 6. The molecule has 23 heavy (non-hydrogen) atoms. The van der Waals surface area contributed by atoms with Crippen LogP contribution >= 0.6 is 0 Å². The number of rotatable bonds is 5. The lowest BCUT2D eigenvalue weighted by Crippen LogP contribution is -2.40. The summed E-state index contributed by atoms with van der Waals surface area (Å²) >= 11 is 0. The molecule has 1 N–H and O–H groups in total. The zero-order chi connectivity index (χ0) is 16.3. The van der Waals surface area contributed by atoms with Crippen LogP contribution in [0.25, 0.3) is 0 Å². The van der Waals surface area contributed by atoms with Crippen molar-refractivity contribution in [3.05, 3.63) is 41.8 Å². The van der Waals surface area contributed by atoms with E-state index >= 15 is 0 Å². The Labute approximate surface area is 135 Å². The molecule has 0 unspecified atom stereocenters. The van der Waals surface area contributed by atoms with Gasteiger partial charge in [-0.1, -0.05) is 11.2 Å². The molecule has 0 aliphatic carbocycles. The van der Waals surface area contributed by atoms with E-state index in [0.29, 0.717) is 32.8 Å². The summed E-state index contributed by atoms with van der Waals surface area (Å²) < 4.78 is 36.9. The Hall–Kier alpha value is -1.90. The van der Waals surface area contributed by atoms with E-state index in [9.17, 15) is 8.42 Å². The second kappa shape index (κ2) is 6.69. The molecular formula is C15H19N3O4S. The van der Waals surface area contributed by atoms with E-state index in [1.165, 1.54) is 4.31 Å². The van der Waals surface area contributed by atoms with E-state index in [2.05, 4.69) is 10.5 Å². The van der Waals surface area contributed by atoms with Crippen LogP contribution in [0.3, 0.4) is 0 Å². The highest BCUT2D eigenvalue weighted by Crippen LogP contribution is 2.21. The minimum absolute atomic E-state index is 0.278. The molecule has 0 amide bonds. The van der Waals surface area contributed by atoms with Crippen molar-refractivity contribution >= 4 is 15.7 Å². The average Bonchev–Trinajstić information content (AvgIpc) is 2.99. The number of hydrogen-bond donors (Lipinski definition) is 1. The van der Waals surface area contributed by atoms with E-state index in [4.69, 9.17) is 9.26 Å². The fourth-order valence-corrected chi connectivity index (χ4v) is 3.85. The van der Waals surface area contributed by atoms with Gasteiger partial charge in [-0.2, -0.15) is 4.31 Å². The maximum absolute atomic E-state index is 12.6. The third-order valence-corrected chi connectivity index (χ3v) is 5.49. The molecule has 1 saturated heterocycles. The predicted molar refractivity (Wildman–Crippen MR) is 84.6 cm³/mol. The normalized spacial score (nSPS) is 16.4. The third-order valence-electron chi connectivity index (χ3n) is 3.59. The predicted octanol–water partition coefficient (Wildman–Crippen LogP) is 1.62. The first-order chi connectivity index (χ1) is 11.1. The number of morpholine rings is 1. The maximum Gasteiger partial charge on any atom is 0.243 e. The van der Waals surface area contributed by atoms with E-state index < -0.39 is 10.0 Å². The molecule has 3 rings (SSSR count). The van der Waals surface area contributed by atoms with Gasteiger partial charge in [0.1, 0.15) is 11.5 Å². The highest BCUT2D eigenvalue weighted by atomic mass is 32.2. The number of benzene rings is 1. The standard InChI is InChI=1S/C15H19N3O4S/c1-12-9-14(17-22-12)11-16-13-3-2-4-15(10-13)23(19,20)18-5-7-21-8-6-18/h2-4,9-10,16H,5-8,11H2,1H3. The lowest BCUT2D eigenvalue weighted by molar-refractivity contribution is 0.0730. The molecule has 0 saturated carbocycles. The first kappa shape index (κ1) is 16.0. The van der Waals surface area contributed by atoms with Gasteiger partial charge in [0.25, 0.3) is 0 Å². The van der Waals surface area contributed by atoms with Gasteiger partial charge in [0.2, 0.25) is 10.0 Å². The summed E-state index contributed by atoms with van der Waals surface area (Å²) in [6.07, 6.45) is 0. The Morgan fingerprint density at radius 3 is 2.74 bits per heavy atom. The van der Waals surface area contributed by atoms with Crippen LogP contribution in [0, 0.1) is 6.92 Å². The monoisotopic (exact) mass is 337 g/mol. The van der Waals surface area contributed by atoms with Crippen molar-refractivity contribution in [3.8, 4) is 0 Å². The highest BCUT2D eigenvalue weighted by Gasteiger charge is 2.26. The quantitative estimate of drug-likeness (QED) is 0.892. The summed E-state index contributed by atoms with van der Waals surface area (Å²) in [4.78, 5) is 0.278.